The van der Waals surface area contributed by atoms with E-state index in [2.05, 4.69) is 46.2 Å². The Bertz CT molecular complexity index is 2940. The number of benzene rings is 2. The maximum Gasteiger partial charge on any atom is 0.414 e. The van der Waals surface area contributed by atoms with Crippen LogP contribution in [0.2, 0.25) is 0 Å². The Labute approximate surface area is 409 Å². The number of esters is 1. The summed E-state index contributed by atoms with van der Waals surface area (Å²) in [6.07, 6.45) is 9.45. The lowest BCUT2D eigenvalue weighted by Gasteiger charge is -2.21. The summed E-state index contributed by atoms with van der Waals surface area (Å²) in [5, 5.41) is 35.6. The maximum atomic E-state index is 15.1. The van der Waals surface area contributed by atoms with Crippen LogP contribution < -0.4 is 15.1 Å². The molecule has 5 aliphatic heterocycles. The first-order chi connectivity index (χ1) is 35.1. The zero-order valence-corrected chi connectivity index (χ0v) is 38.4. The Morgan fingerprint density at radius 3 is 1.65 bits per heavy atom. The summed E-state index contributed by atoms with van der Waals surface area (Å²) in [6, 6.07) is 16.2. The van der Waals surface area contributed by atoms with Crippen molar-refractivity contribution in [3.63, 3.8) is 0 Å². The molecule has 9 heterocycles. The van der Waals surface area contributed by atoms with Gasteiger partial charge >= 0.3 is 18.2 Å². The van der Waals surface area contributed by atoms with Gasteiger partial charge in [0.05, 0.1) is 73.9 Å². The molecule has 0 radical (unpaired) electrons. The third-order valence-corrected chi connectivity index (χ3v) is 12.5. The zero-order chi connectivity index (χ0) is 49.6. The molecule has 24 heteroatoms. The number of carbonyl (C=O) groups excluding carboxylic acids is 3. The first-order valence-electron chi connectivity index (χ1n) is 23.2. The number of ether oxygens (including phenoxy) is 3. The minimum atomic E-state index is -0.540. The van der Waals surface area contributed by atoms with Gasteiger partial charge in [0.1, 0.15) is 41.9 Å². The van der Waals surface area contributed by atoms with Crippen molar-refractivity contribution in [1.29, 1.82) is 0 Å². The zero-order valence-electron chi connectivity index (χ0n) is 38.4. The van der Waals surface area contributed by atoms with Crippen LogP contribution in [0.15, 0.2) is 108 Å². The van der Waals surface area contributed by atoms with E-state index in [-0.39, 0.29) is 50.4 Å². The topological polar surface area (TPSA) is 248 Å². The van der Waals surface area contributed by atoms with Crippen LogP contribution in [-0.2, 0) is 41.8 Å². The Hall–Kier alpha value is -8.25. The predicted molar refractivity (Wildman–Crippen MR) is 250 cm³/mol. The van der Waals surface area contributed by atoms with Gasteiger partial charge < -0.3 is 34.3 Å². The fraction of sp³-hybridized carbons (Fsp3) is 0.354. The Morgan fingerprint density at radius 2 is 1.21 bits per heavy atom. The van der Waals surface area contributed by atoms with Crippen molar-refractivity contribution in [2.75, 3.05) is 49.2 Å². The smallest absolute Gasteiger partial charge is 0.414 e. The van der Waals surface area contributed by atoms with Gasteiger partial charge in [-0.2, -0.15) is 0 Å². The van der Waals surface area contributed by atoms with Gasteiger partial charge in [-0.3, -0.25) is 24.6 Å². The van der Waals surface area contributed by atoms with Crippen molar-refractivity contribution in [1.82, 2.24) is 45.3 Å². The number of aliphatic hydroxyl groups excluding tert-OH is 1. The molecule has 5 aliphatic rings. The second-order valence-corrected chi connectivity index (χ2v) is 17.5. The number of halogens is 2. The molecular formula is C48H47F2N13O9. The number of carbonyl (C=O) groups is 3. The summed E-state index contributed by atoms with van der Waals surface area (Å²) < 4.78 is 49.4. The molecule has 372 valence electrons. The van der Waals surface area contributed by atoms with E-state index in [1.54, 1.807) is 95.1 Å². The third-order valence-electron chi connectivity index (χ3n) is 12.5. The van der Waals surface area contributed by atoms with Crippen LogP contribution in [0.25, 0.3) is 22.3 Å². The van der Waals surface area contributed by atoms with Crippen LogP contribution >= 0.6 is 0 Å². The predicted octanol–water partition coefficient (Wildman–Crippen LogP) is 4.53. The van der Waals surface area contributed by atoms with E-state index in [9.17, 15) is 18.8 Å². The van der Waals surface area contributed by atoms with Crippen LogP contribution in [0.1, 0.15) is 37.1 Å². The molecule has 3 fully saturated rings. The average Bonchev–Trinajstić information content (AvgIpc) is 4.29. The number of pyridine rings is 2. The summed E-state index contributed by atoms with van der Waals surface area (Å²) in [5.74, 6) is -1.23. The summed E-state index contributed by atoms with van der Waals surface area (Å²) >= 11 is 0. The average molecular weight is 988 g/mol. The van der Waals surface area contributed by atoms with Crippen molar-refractivity contribution < 1.29 is 52.2 Å². The van der Waals surface area contributed by atoms with Gasteiger partial charge in [0.25, 0.3) is 0 Å². The lowest BCUT2D eigenvalue weighted by atomic mass is 9.98. The number of aliphatic hydroxyl groups is 1. The highest BCUT2D eigenvalue weighted by Crippen LogP contribution is 2.32. The first-order valence-corrected chi connectivity index (χ1v) is 23.2. The highest BCUT2D eigenvalue weighted by Gasteiger charge is 2.35. The summed E-state index contributed by atoms with van der Waals surface area (Å²) in [4.78, 5) is 59.1. The quantitative estimate of drug-likeness (QED) is 0.112. The molecule has 11 rings (SSSR count). The molecule has 0 spiro atoms. The summed E-state index contributed by atoms with van der Waals surface area (Å²) in [7, 11) is 0. The van der Waals surface area contributed by atoms with Crippen LogP contribution in [0.4, 0.5) is 29.7 Å². The number of nitrogens with one attached hydrogen (secondary N) is 1. The molecule has 0 saturated carbocycles. The lowest BCUT2D eigenvalue weighted by Crippen LogP contribution is -2.33. The number of rotatable bonds is 14. The number of amides is 2. The standard InChI is InChI=1S/C27H28FN7O5.C21H19FN6O4/c28-23-11-19(35-15-21(39-27(35)37)14-34-10-9-31-33-34)2-3-22(23)18-1-4-24(30-13-18)25-12-20(40-32-25)16-38-26(36)17-5-7-29-8-6-17;22-18-7-14(28-11-16(31-21(28)30)10-27-6-5-24-26-27)2-3-17(18)13-1-4-19(23-9-13)20-8-15(12-29)32-25-20/h1-4,9-11,13,17,20-21,29H,5-8,12,14-16H2;1-7,9,15-16,29H,8,10-12H2/t20-,21-;15-,16-/m00/s1. The number of piperidine rings is 1. The highest BCUT2D eigenvalue weighted by molar-refractivity contribution is 6.00. The van der Waals surface area contributed by atoms with E-state index >= 15 is 4.39 Å². The summed E-state index contributed by atoms with van der Waals surface area (Å²) in [6.45, 7) is 2.95. The fourth-order valence-corrected chi connectivity index (χ4v) is 8.69. The van der Waals surface area contributed by atoms with E-state index in [0.717, 1.165) is 25.9 Å². The van der Waals surface area contributed by atoms with Gasteiger partial charge in [0.15, 0.2) is 12.2 Å². The van der Waals surface area contributed by atoms with E-state index < -0.39 is 36.0 Å². The molecule has 2 amide bonds. The van der Waals surface area contributed by atoms with Crippen LogP contribution in [-0.4, -0.2) is 138 Å². The number of cyclic esters (lactones) is 2. The molecule has 0 unspecified atom stereocenters. The second kappa shape index (κ2) is 21.4. The van der Waals surface area contributed by atoms with Gasteiger partial charge in [-0.05, 0) is 74.5 Å². The van der Waals surface area contributed by atoms with Crippen molar-refractivity contribution in [2.45, 2.75) is 63.2 Å². The normalized spacial score (nSPS) is 20.8. The number of oxime groups is 2. The van der Waals surface area contributed by atoms with Crippen LogP contribution in [0, 0.1) is 17.6 Å². The number of anilines is 2. The Kier molecular flexibility index (Phi) is 14.1. The van der Waals surface area contributed by atoms with Crippen molar-refractivity contribution in [3.05, 3.63) is 121 Å². The Balaban J connectivity index is 0.000000170. The van der Waals surface area contributed by atoms with Gasteiger partial charge in [0.2, 0.25) is 0 Å². The largest absolute Gasteiger partial charge is 0.461 e. The van der Waals surface area contributed by atoms with Gasteiger partial charge in [-0.15, -0.1) is 10.2 Å². The molecule has 0 bridgehead atoms. The van der Waals surface area contributed by atoms with E-state index in [4.69, 9.17) is 29.0 Å². The second-order valence-electron chi connectivity index (χ2n) is 17.5. The van der Waals surface area contributed by atoms with Crippen LogP contribution in [0.3, 0.4) is 0 Å². The minimum absolute atomic E-state index is 0.0711. The maximum absolute atomic E-state index is 15.1. The highest BCUT2D eigenvalue weighted by atomic mass is 19.1. The van der Waals surface area contributed by atoms with E-state index in [1.807, 2.05) is 0 Å². The fourth-order valence-electron chi connectivity index (χ4n) is 8.69. The number of hydrogen-bond acceptors (Lipinski definition) is 18. The molecule has 0 aliphatic carbocycles. The third kappa shape index (κ3) is 10.9. The van der Waals surface area contributed by atoms with Crippen molar-refractivity contribution >= 4 is 41.0 Å². The molecule has 2 N–H and O–H groups in total. The van der Waals surface area contributed by atoms with Crippen LogP contribution in [0.5, 0.6) is 0 Å². The number of hydrogen-bond donors (Lipinski definition) is 2. The molecule has 22 nitrogen and oxygen atoms in total. The molecule has 4 aromatic heterocycles. The summed E-state index contributed by atoms with van der Waals surface area (Å²) in [5.41, 5.74) is 5.18. The van der Waals surface area contributed by atoms with Crippen molar-refractivity contribution in [2.24, 2.45) is 16.2 Å². The van der Waals surface area contributed by atoms with Gasteiger partial charge in [-0.25, -0.2) is 27.7 Å². The van der Waals surface area contributed by atoms with E-state index in [0.29, 0.717) is 82.4 Å². The molecule has 2 aromatic carbocycles. The SMILES string of the molecule is O=C(OC[C@@H]1CC(c2ccc(-c3ccc(N4C[C@H](Cn5ccnn5)OC4=O)cc3F)cn2)=NO1)C1CCNCC1.O=C1O[C@@H](Cn2ccnn2)CN1c1ccc(-c2ccc(C3=NO[C@H](CO)C3)nc2)c(F)c1. The minimum Gasteiger partial charge on any atom is -0.461 e. The Morgan fingerprint density at radius 1 is 0.694 bits per heavy atom. The molecule has 6 aromatic rings. The number of nitrogens with zero attached hydrogens (tertiary/aromatic N) is 12. The molecule has 3 saturated heterocycles. The van der Waals surface area contributed by atoms with Gasteiger partial charge in [0, 0.05) is 59.9 Å². The van der Waals surface area contributed by atoms with Gasteiger partial charge in [-0.1, -0.05) is 32.9 Å². The molecule has 4 atom stereocenters. The molecular weight excluding hydrogens is 941 g/mol. The molecule has 72 heavy (non-hydrogen) atoms. The first kappa shape index (κ1) is 47.4. The van der Waals surface area contributed by atoms with Crippen molar-refractivity contribution in [3.8, 4) is 22.3 Å². The monoisotopic (exact) mass is 987 g/mol. The lowest BCUT2D eigenvalue weighted by molar-refractivity contribution is -0.153. The number of aromatic nitrogens is 8. The van der Waals surface area contributed by atoms with E-state index in [1.165, 1.54) is 21.9 Å².